The summed E-state index contributed by atoms with van der Waals surface area (Å²) in [5.41, 5.74) is 1.05. The number of halogens is 2. The maximum atomic E-state index is 15.5. The number of morpholine rings is 1. The zero-order chi connectivity index (χ0) is 34.8. The smallest absolute Gasteiger partial charge is 0.271 e. The molecule has 2 aromatic heterocycles. The van der Waals surface area contributed by atoms with Crippen molar-refractivity contribution in [1.29, 1.82) is 0 Å². The first-order valence-electron chi connectivity index (χ1n) is 15.8. The van der Waals surface area contributed by atoms with Crippen LogP contribution in [0.3, 0.4) is 0 Å². The summed E-state index contributed by atoms with van der Waals surface area (Å²) in [4.78, 5) is 46.1. The fraction of sp³-hybridized carbons (Fsp3) is 0.222. The highest BCUT2D eigenvalue weighted by molar-refractivity contribution is 6.06. The van der Waals surface area contributed by atoms with E-state index >= 15 is 4.39 Å². The van der Waals surface area contributed by atoms with Crippen molar-refractivity contribution in [3.8, 4) is 28.7 Å². The molecule has 50 heavy (non-hydrogen) atoms. The molecule has 256 valence electrons. The molecule has 0 spiro atoms. The number of methoxy groups -OCH3 is 1. The van der Waals surface area contributed by atoms with Gasteiger partial charge in [-0.1, -0.05) is 0 Å². The lowest BCUT2D eigenvalue weighted by Gasteiger charge is -2.26. The second-order valence-corrected chi connectivity index (χ2v) is 11.6. The molecule has 3 aromatic carbocycles. The first kappa shape index (κ1) is 32.7. The molecule has 0 bridgehead atoms. The number of anilines is 2. The van der Waals surface area contributed by atoms with E-state index in [4.69, 9.17) is 18.9 Å². The largest absolute Gasteiger partial charge is 0.495 e. The Balaban J connectivity index is 1.10. The fourth-order valence-corrected chi connectivity index (χ4v) is 5.88. The number of benzene rings is 3. The van der Waals surface area contributed by atoms with Gasteiger partial charge in [0.05, 0.1) is 44.7 Å². The van der Waals surface area contributed by atoms with Crippen LogP contribution in [0.1, 0.15) is 15.9 Å². The van der Waals surface area contributed by atoms with E-state index in [1.54, 1.807) is 24.4 Å². The topological polar surface area (TPSA) is 133 Å². The number of carbonyl (C=O) groups excluding carboxylic acids is 2. The van der Waals surface area contributed by atoms with Gasteiger partial charge in [0.1, 0.15) is 28.6 Å². The summed E-state index contributed by atoms with van der Waals surface area (Å²) in [6.07, 6.45) is 3.54. The minimum atomic E-state index is -0.794. The van der Waals surface area contributed by atoms with Crippen LogP contribution in [0.5, 0.6) is 23.0 Å². The van der Waals surface area contributed by atoms with Crippen molar-refractivity contribution in [3.05, 3.63) is 106 Å². The second-order valence-electron chi connectivity index (χ2n) is 11.6. The Hall–Kier alpha value is -5.86. The van der Waals surface area contributed by atoms with E-state index < -0.39 is 23.1 Å². The molecule has 2 aliphatic heterocycles. The Labute approximate surface area is 284 Å². The fourth-order valence-electron chi connectivity index (χ4n) is 5.88. The van der Waals surface area contributed by atoms with Gasteiger partial charge >= 0.3 is 0 Å². The Bertz CT molecular complexity index is 2170. The van der Waals surface area contributed by atoms with Crippen molar-refractivity contribution in [2.45, 2.75) is 6.42 Å². The van der Waals surface area contributed by atoms with Crippen LogP contribution in [-0.4, -0.2) is 72.8 Å². The van der Waals surface area contributed by atoms with Crippen molar-refractivity contribution in [3.63, 3.8) is 0 Å². The molecule has 0 saturated carbocycles. The summed E-state index contributed by atoms with van der Waals surface area (Å²) < 4.78 is 52.7. The Kier molecular flexibility index (Phi) is 9.11. The predicted molar refractivity (Wildman–Crippen MR) is 180 cm³/mol. The molecule has 7 rings (SSSR count). The number of amides is 2. The molecule has 12 nitrogen and oxygen atoms in total. The van der Waals surface area contributed by atoms with Crippen LogP contribution >= 0.6 is 0 Å². The van der Waals surface area contributed by atoms with Crippen LogP contribution in [0.25, 0.3) is 16.6 Å². The van der Waals surface area contributed by atoms with E-state index in [1.807, 2.05) is 4.90 Å². The predicted octanol–water partition coefficient (Wildman–Crippen LogP) is 4.92. The van der Waals surface area contributed by atoms with Crippen LogP contribution in [0, 0.1) is 11.6 Å². The monoisotopic (exact) mass is 683 g/mol. The highest BCUT2D eigenvalue weighted by Gasteiger charge is 2.27. The van der Waals surface area contributed by atoms with Crippen LogP contribution in [0.15, 0.2) is 77.9 Å². The van der Waals surface area contributed by atoms with Crippen LogP contribution in [0.2, 0.25) is 0 Å². The summed E-state index contributed by atoms with van der Waals surface area (Å²) in [5.74, 6) is -1.61. The number of nitrogens with zero attached hydrogens (tertiary/aromatic N) is 3. The van der Waals surface area contributed by atoms with E-state index in [-0.39, 0.29) is 47.6 Å². The maximum Gasteiger partial charge on any atom is 0.271 e. The highest BCUT2D eigenvalue weighted by Crippen LogP contribution is 2.37. The minimum Gasteiger partial charge on any atom is -0.495 e. The molecule has 2 aliphatic rings. The standard InChI is InChI=1S/C36H31F2N5O7/c1-47-31-17-25-27(18-28(31)41-32(44)20-42-11-14-48-15-12-42)39-10-8-29(25)50-30-7-4-23(16-26(30)38)40-35(45)33-34-21(9-13-49-34)19-43(36(33)46)24-5-2-22(37)3-6-24/h2-8,10,16-19H,9,11-15,20H2,1H3,(H,40,45)(H,41,44). The summed E-state index contributed by atoms with van der Waals surface area (Å²) in [6, 6.07) is 14.0. The average molecular weight is 684 g/mol. The van der Waals surface area contributed by atoms with Crippen molar-refractivity contribution >= 4 is 34.1 Å². The summed E-state index contributed by atoms with van der Waals surface area (Å²) in [5, 5.41) is 5.96. The lowest BCUT2D eigenvalue weighted by molar-refractivity contribution is -0.118. The normalized spacial score (nSPS) is 14.1. The molecule has 0 radical (unpaired) electrons. The quantitative estimate of drug-likeness (QED) is 0.222. The third-order valence-corrected chi connectivity index (χ3v) is 8.36. The molecule has 14 heteroatoms. The maximum absolute atomic E-state index is 15.5. The van der Waals surface area contributed by atoms with E-state index in [1.165, 1.54) is 54.3 Å². The SMILES string of the molecule is COc1cc2c(Oc3ccc(NC(=O)c4c5c(cn(-c6ccc(F)cc6)c4=O)CCO5)cc3F)ccnc2cc1NC(=O)CN1CCOCC1. The van der Waals surface area contributed by atoms with Gasteiger partial charge in [0.25, 0.3) is 11.5 Å². The Morgan fingerprint density at radius 3 is 2.50 bits per heavy atom. The molecule has 1 fully saturated rings. The molecule has 4 heterocycles. The van der Waals surface area contributed by atoms with E-state index in [0.29, 0.717) is 66.3 Å². The lowest BCUT2D eigenvalue weighted by Crippen LogP contribution is -2.41. The van der Waals surface area contributed by atoms with Crippen LogP contribution in [-0.2, 0) is 16.0 Å². The number of hydrogen-bond acceptors (Lipinski definition) is 9. The van der Waals surface area contributed by atoms with Crippen LogP contribution < -0.4 is 30.4 Å². The number of pyridine rings is 2. The van der Waals surface area contributed by atoms with Gasteiger partial charge < -0.3 is 29.6 Å². The van der Waals surface area contributed by atoms with Crippen molar-refractivity contribution in [1.82, 2.24) is 14.5 Å². The molecule has 2 amide bonds. The molecule has 0 aliphatic carbocycles. The molecule has 5 aromatic rings. The van der Waals surface area contributed by atoms with Gasteiger partial charge in [0.15, 0.2) is 11.6 Å². The first-order valence-corrected chi connectivity index (χ1v) is 15.8. The minimum absolute atomic E-state index is 0.0712. The number of nitrogens with one attached hydrogen (secondary N) is 2. The molecule has 1 saturated heterocycles. The third-order valence-electron chi connectivity index (χ3n) is 8.36. The zero-order valence-corrected chi connectivity index (χ0v) is 26.8. The van der Waals surface area contributed by atoms with Gasteiger partial charge in [-0.2, -0.15) is 0 Å². The number of carbonyl (C=O) groups is 2. The number of hydrogen-bond donors (Lipinski definition) is 2. The summed E-state index contributed by atoms with van der Waals surface area (Å²) in [7, 11) is 1.47. The lowest BCUT2D eigenvalue weighted by atomic mass is 10.1. The van der Waals surface area contributed by atoms with E-state index in [0.717, 1.165) is 6.07 Å². The van der Waals surface area contributed by atoms with Crippen molar-refractivity contribution < 1.29 is 37.3 Å². The average Bonchev–Trinajstić information content (AvgIpc) is 3.58. The zero-order valence-electron chi connectivity index (χ0n) is 26.8. The van der Waals surface area contributed by atoms with Gasteiger partial charge in [-0.25, -0.2) is 8.78 Å². The number of fused-ring (bicyclic) bond motifs is 2. The van der Waals surface area contributed by atoms with E-state index in [9.17, 15) is 18.8 Å². The van der Waals surface area contributed by atoms with Crippen molar-refractivity contribution in [2.75, 3.05) is 57.2 Å². The number of ether oxygens (including phenoxy) is 4. The van der Waals surface area contributed by atoms with E-state index in [2.05, 4.69) is 15.6 Å². The third kappa shape index (κ3) is 6.70. The highest BCUT2D eigenvalue weighted by atomic mass is 19.1. The van der Waals surface area contributed by atoms with Gasteiger partial charge in [0.2, 0.25) is 5.91 Å². The second kappa shape index (κ2) is 13.9. The van der Waals surface area contributed by atoms with Gasteiger partial charge in [-0.05, 0) is 54.6 Å². The number of aromatic nitrogens is 2. The van der Waals surface area contributed by atoms with Crippen molar-refractivity contribution in [2.24, 2.45) is 0 Å². The van der Waals surface area contributed by atoms with Gasteiger partial charge in [0, 0.05) is 60.3 Å². The molecular formula is C36H31F2N5O7. The van der Waals surface area contributed by atoms with Gasteiger partial charge in [-0.3, -0.25) is 28.8 Å². The Morgan fingerprint density at radius 1 is 0.940 bits per heavy atom. The Morgan fingerprint density at radius 2 is 1.74 bits per heavy atom. The first-order chi connectivity index (χ1) is 24.3. The summed E-state index contributed by atoms with van der Waals surface area (Å²) >= 11 is 0. The number of rotatable bonds is 9. The molecule has 2 N–H and O–H groups in total. The molecule has 0 unspecified atom stereocenters. The molecular weight excluding hydrogens is 652 g/mol. The van der Waals surface area contributed by atoms with Crippen LogP contribution in [0.4, 0.5) is 20.2 Å². The summed E-state index contributed by atoms with van der Waals surface area (Å²) in [6.45, 7) is 2.96. The van der Waals surface area contributed by atoms with Gasteiger partial charge in [-0.15, -0.1) is 0 Å². The molecule has 0 atom stereocenters.